The van der Waals surface area contributed by atoms with Gasteiger partial charge in [-0.2, -0.15) is 9.78 Å². The molecule has 138 valence electrons. The molecule has 0 radical (unpaired) electrons. The Labute approximate surface area is 152 Å². The van der Waals surface area contributed by atoms with Gasteiger partial charge in [-0.3, -0.25) is 9.59 Å². The quantitative estimate of drug-likeness (QED) is 0.842. The highest BCUT2D eigenvalue weighted by Gasteiger charge is 2.22. The van der Waals surface area contributed by atoms with Crippen molar-refractivity contribution >= 4 is 5.91 Å². The van der Waals surface area contributed by atoms with Crippen molar-refractivity contribution in [1.82, 2.24) is 14.7 Å². The van der Waals surface area contributed by atoms with Crippen LogP contribution in [0.1, 0.15) is 49.5 Å². The number of likely N-dealkylation sites (tertiary alicyclic amines) is 1. The van der Waals surface area contributed by atoms with Crippen molar-refractivity contribution in [3.63, 3.8) is 0 Å². The van der Waals surface area contributed by atoms with E-state index in [-0.39, 0.29) is 23.0 Å². The third-order valence-corrected chi connectivity index (χ3v) is 4.92. The van der Waals surface area contributed by atoms with Gasteiger partial charge in [-0.05, 0) is 55.5 Å². The second kappa shape index (κ2) is 8.25. The number of hydrogen-bond donors (Lipinski definition) is 0. The predicted octanol–water partition coefficient (Wildman–Crippen LogP) is 3.41. The Kier molecular flexibility index (Phi) is 5.81. The summed E-state index contributed by atoms with van der Waals surface area (Å²) in [5.41, 5.74) is 0.319. The lowest BCUT2D eigenvalue weighted by atomic mass is 9.96. The van der Waals surface area contributed by atoms with E-state index in [0.29, 0.717) is 11.6 Å². The Morgan fingerprint density at radius 2 is 1.92 bits per heavy atom. The monoisotopic (exact) mass is 357 g/mol. The lowest BCUT2D eigenvalue weighted by Crippen LogP contribution is -2.34. The van der Waals surface area contributed by atoms with Gasteiger partial charge in [0, 0.05) is 19.2 Å². The maximum atomic E-state index is 13.1. The summed E-state index contributed by atoms with van der Waals surface area (Å²) in [5.74, 6) is 0.136. The largest absolute Gasteiger partial charge is 0.337 e. The van der Waals surface area contributed by atoms with Crippen molar-refractivity contribution in [3.8, 4) is 5.69 Å². The maximum absolute atomic E-state index is 13.1. The minimum absolute atomic E-state index is 0.155. The third kappa shape index (κ3) is 4.18. The summed E-state index contributed by atoms with van der Waals surface area (Å²) in [6, 6.07) is 8.28. The van der Waals surface area contributed by atoms with Crippen LogP contribution in [0.15, 0.2) is 41.2 Å². The summed E-state index contributed by atoms with van der Waals surface area (Å²) in [6.45, 7) is 3.63. The molecular formula is C20H24FN3O2. The van der Waals surface area contributed by atoms with Crippen LogP contribution in [0.2, 0.25) is 0 Å². The number of aromatic nitrogens is 2. The second-order valence-corrected chi connectivity index (χ2v) is 6.82. The number of hydrogen-bond acceptors (Lipinski definition) is 3. The van der Waals surface area contributed by atoms with E-state index in [1.165, 1.54) is 49.2 Å². The summed E-state index contributed by atoms with van der Waals surface area (Å²) < 4.78 is 14.3. The molecule has 1 aromatic carbocycles. The van der Waals surface area contributed by atoms with Gasteiger partial charge in [-0.25, -0.2) is 4.39 Å². The van der Waals surface area contributed by atoms with Crippen LogP contribution in [0, 0.1) is 11.7 Å². The molecule has 1 unspecified atom stereocenters. The highest BCUT2D eigenvalue weighted by Crippen LogP contribution is 2.22. The predicted molar refractivity (Wildman–Crippen MR) is 97.9 cm³/mol. The average Bonchev–Trinajstić information content (AvgIpc) is 2.88. The van der Waals surface area contributed by atoms with Crippen molar-refractivity contribution < 1.29 is 9.18 Å². The van der Waals surface area contributed by atoms with E-state index < -0.39 is 0 Å². The molecular weight excluding hydrogens is 333 g/mol. The van der Waals surface area contributed by atoms with Crippen molar-refractivity contribution in [3.05, 3.63) is 58.3 Å². The molecule has 1 fully saturated rings. The summed E-state index contributed by atoms with van der Waals surface area (Å²) in [5, 5.41) is 4.22. The standard InChI is InChI=1S/C20H24FN3O2/c1-2-4-15-5-3-13-23(14-12-15)20(26)18-10-11-19(25)24(22-18)17-8-6-16(21)7-9-17/h6-11,15H,2-5,12-14H2,1H3. The normalized spacial score (nSPS) is 17.8. The topological polar surface area (TPSA) is 55.2 Å². The van der Waals surface area contributed by atoms with Gasteiger partial charge in [0.05, 0.1) is 5.69 Å². The van der Waals surface area contributed by atoms with Gasteiger partial charge in [0.25, 0.3) is 11.5 Å². The molecule has 1 atom stereocenters. The Bertz CT molecular complexity index is 817. The molecule has 1 aliphatic rings. The lowest BCUT2D eigenvalue weighted by Gasteiger charge is -2.20. The van der Waals surface area contributed by atoms with Crippen LogP contribution in [0.3, 0.4) is 0 Å². The van der Waals surface area contributed by atoms with Crippen molar-refractivity contribution in [1.29, 1.82) is 0 Å². The number of nitrogens with zero attached hydrogens (tertiary/aromatic N) is 3. The van der Waals surface area contributed by atoms with Gasteiger partial charge in [-0.1, -0.05) is 19.8 Å². The van der Waals surface area contributed by atoms with Crippen LogP contribution in [0.4, 0.5) is 4.39 Å². The van der Waals surface area contributed by atoms with Gasteiger partial charge < -0.3 is 4.90 Å². The summed E-state index contributed by atoms with van der Waals surface area (Å²) in [6.07, 6.45) is 5.53. The summed E-state index contributed by atoms with van der Waals surface area (Å²) in [4.78, 5) is 26.8. The van der Waals surface area contributed by atoms with Crippen molar-refractivity contribution in [2.45, 2.75) is 39.0 Å². The molecule has 0 spiro atoms. The first kappa shape index (κ1) is 18.3. The number of halogens is 1. The zero-order valence-corrected chi connectivity index (χ0v) is 15.0. The van der Waals surface area contributed by atoms with Crippen LogP contribution >= 0.6 is 0 Å². The molecule has 26 heavy (non-hydrogen) atoms. The van der Waals surface area contributed by atoms with Crippen molar-refractivity contribution in [2.24, 2.45) is 5.92 Å². The maximum Gasteiger partial charge on any atom is 0.274 e. The highest BCUT2D eigenvalue weighted by atomic mass is 19.1. The molecule has 0 aliphatic carbocycles. The summed E-state index contributed by atoms with van der Waals surface area (Å²) in [7, 11) is 0. The number of benzene rings is 1. The summed E-state index contributed by atoms with van der Waals surface area (Å²) >= 11 is 0. The first-order valence-electron chi connectivity index (χ1n) is 9.24. The van der Waals surface area contributed by atoms with E-state index in [4.69, 9.17) is 0 Å². The van der Waals surface area contributed by atoms with E-state index >= 15 is 0 Å². The Morgan fingerprint density at radius 1 is 1.15 bits per heavy atom. The molecule has 1 amide bonds. The minimum Gasteiger partial charge on any atom is -0.337 e. The van der Waals surface area contributed by atoms with Crippen LogP contribution in [0.5, 0.6) is 0 Å². The first-order valence-corrected chi connectivity index (χ1v) is 9.24. The molecule has 1 aromatic heterocycles. The van der Waals surface area contributed by atoms with Crippen LogP contribution in [0.25, 0.3) is 5.69 Å². The van der Waals surface area contributed by atoms with Gasteiger partial charge in [0.2, 0.25) is 0 Å². The minimum atomic E-state index is -0.389. The average molecular weight is 357 g/mol. The molecule has 3 rings (SSSR count). The van der Waals surface area contributed by atoms with Gasteiger partial charge in [-0.15, -0.1) is 0 Å². The second-order valence-electron chi connectivity index (χ2n) is 6.82. The smallest absolute Gasteiger partial charge is 0.274 e. The van der Waals surface area contributed by atoms with Crippen molar-refractivity contribution in [2.75, 3.05) is 13.1 Å². The fourth-order valence-corrected chi connectivity index (χ4v) is 3.52. The lowest BCUT2D eigenvalue weighted by molar-refractivity contribution is 0.0752. The van der Waals surface area contributed by atoms with E-state index in [1.807, 2.05) is 4.90 Å². The molecule has 6 heteroatoms. The Morgan fingerprint density at radius 3 is 2.65 bits per heavy atom. The Balaban J connectivity index is 1.81. The fourth-order valence-electron chi connectivity index (χ4n) is 3.52. The number of rotatable bonds is 4. The molecule has 0 N–H and O–H groups in total. The molecule has 1 aliphatic heterocycles. The number of carbonyl (C=O) groups is 1. The number of amides is 1. The molecule has 0 bridgehead atoms. The van der Waals surface area contributed by atoms with Crippen LogP contribution < -0.4 is 5.56 Å². The van der Waals surface area contributed by atoms with E-state index in [9.17, 15) is 14.0 Å². The zero-order chi connectivity index (χ0) is 18.5. The Hall–Kier alpha value is -2.50. The van der Waals surface area contributed by atoms with E-state index in [0.717, 1.165) is 37.0 Å². The van der Waals surface area contributed by atoms with Gasteiger partial charge in [0.15, 0.2) is 0 Å². The van der Waals surface area contributed by atoms with Crippen LogP contribution in [-0.4, -0.2) is 33.7 Å². The van der Waals surface area contributed by atoms with Crippen LogP contribution in [-0.2, 0) is 0 Å². The fraction of sp³-hybridized carbons (Fsp3) is 0.450. The SMILES string of the molecule is CCCC1CCCN(C(=O)c2ccc(=O)n(-c3ccc(F)cc3)n2)CC1. The third-order valence-electron chi connectivity index (χ3n) is 4.92. The molecule has 2 heterocycles. The molecule has 0 saturated carbocycles. The highest BCUT2D eigenvalue weighted by molar-refractivity contribution is 5.92. The first-order chi connectivity index (χ1) is 12.6. The zero-order valence-electron chi connectivity index (χ0n) is 15.0. The van der Waals surface area contributed by atoms with Gasteiger partial charge >= 0.3 is 0 Å². The van der Waals surface area contributed by atoms with E-state index in [2.05, 4.69) is 12.0 Å². The molecule has 5 nitrogen and oxygen atoms in total. The van der Waals surface area contributed by atoms with Gasteiger partial charge in [0.1, 0.15) is 11.5 Å². The molecule has 1 saturated heterocycles. The number of carbonyl (C=O) groups excluding carboxylic acids is 1. The molecule has 2 aromatic rings. The van der Waals surface area contributed by atoms with E-state index in [1.54, 1.807) is 0 Å².